The third kappa shape index (κ3) is 1.44. The van der Waals surface area contributed by atoms with Gasteiger partial charge in [-0.1, -0.05) is 13.8 Å². The van der Waals surface area contributed by atoms with Gasteiger partial charge in [-0.05, 0) is 38.0 Å². The van der Waals surface area contributed by atoms with Crippen LogP contribution in [-0.4, -0.2) is 29.1 Å². The van der Waals surface area contributed by atoms with Crippen LogP contribution in [0.5, 0.6) is 0 Å². The second kappa shape index (κ2) is 3.73. The second-order valence-electron chi connectivity index (χ2n) is 7.23. The molecule has 3 saturated heterocycles. The first-order chi connectivity index (χ1) is 8.96. The Labute approximate surface area is 114 Å². The summed E-state index contributed by atoms with van der Waals surface area (Å²) >= 11 is 0. The number of rotatable bonds is 0. The highest BCUT2D eigenvalue weighted by atomic mass is 16.9. The van der Waals surface area contributed by atoms with Gasteiger partial charge >= 0.3 is 0 Å². The van der Waals surface area contributed by atoms with Gasteiger partial charge in [0.15, 0.2) is 18.4 Å². The van der Waals surface area contributed by atoms with Crippen molar-refractivity contribution in [3.63, 3.8) is 0 Å². The Bertz CT molecular complexity index is 400. The molecule has 0 aromatic heterocycles. The number of hydrogen-bond acceptors (Lipinski definition) is 4. The first-order valence-electron chi connectivity index (χ1n) is 7.68. The number of hydrogen-bond donors (Lipinski definition) is 1. The molecule has 4 nitrogen and oxygen atoms in total. The zero-order valence-electron chi connectivity index (χ0n) is 12.0. The van der Waals surface area contributed by atoms with Crippen LogP contribution in [0.25, 0.3) is 0 Å². The lowest BCUT2D eigenvalue weighted by Crippen LogP contribution is -2.66. The van der Waals surface area contributed by atoms with E-state index in [-0.39, 0.29) is 17.8 Å². The number of ether oxygens (including phenoxy) is 3. The SMILES string of the molecule is C[C@@H]1CC[C@H]2[C@@H](C)C(O)O[C@@H]3O[C@]4(C)CC[C@@H]1[C@@]32O4. The molecule has 0 aromatic rings. The third-order valence-corrected chi connectivity index (χ3v) is 6.15. The Balaban J connectivity index is 1.81. The fourth-order valence-corrected chi connectivity index (χ4v) is 5.15. The summed E-state index contributed by atoms with van der Waals surface area (Å²) < 4.78 is 18.3. The summed E-state index contributed by atoms with van der Waals surface area (Å²) in [5, 5.41) is 10.1. The molecule has 0 aromatic carbocycles. The average Bonchev–Trinajstić information content (AvgIpc) is 2.56. The third-order valence-electron chi connectivity index (χ3n) is 6.15. The van der Waals surface area contributed by atoms with E-state index < -0.39 is 12.1 Å². The predicted molar refractivity (Wildman–Crippen MR) is 68.0 cm³/mol. The Hall–Kier alpha value is -0.160. The van der Waals surface area contributed by atoms with Crippen molar-refractivity contribution in [1.82, 2.24) is 0 Å². The highest BCUT2D eigenvalue weighted by Gasteiger charge is 2.71. The Morgan fingerprint density at radius 1 is 1.11 bits per heavy atom. The lowest BCUT2D eigenvalue weighted by atomic mass is 9.57. The van der Waals surface area contributed by atoms with Crippen molar-refractivity contribution < 1.29 is 19.3 Å². The van der Waals surface area contributed by atoms with Gasteiger partial charge in [0, 0.05) is 18.3 Å². The molecule has 4 rings (SSSR count). The lowest BCUT2D eigenvalue weighted by Gasteiger charge is -2.57. The second-order valence-corrected chi connectivity index (χ2v) is 7.23. The summed E-state index contributed by atoms with van der Waals surface area (Å²) in [7, 11) is 0. The molecule has 4 heteroatoms. The van der Waals surface area contributed by atoms with Crippen LogP contribution >= 0.6 is 0 Å². The van der Waals surface area contributed by atoms with Gasteiger partial charge in [0.25, 0.3) is 0 Å². The van der Waals surface area contributed by atoms with Crippen LogP contribution in [0.15, 0.2) is 0 Å². The van der Waals surface area contributed by atoms with Crippen molar-refractivity contribution in [1.29, 1.82) is 0 Å². The Morgan fingerprint density at radius 3 is 2.68 bits per heavy atom. The van der Waals surface area contributed by atoms with E-state index in [0.29, 0.717) is 17.8 Å². The van der Waals surface area contributed by atoms with E-state index in [0.717, 1.165) is 19.3 Å². The van der Waals surface area contributed by atoms with Crippen LogP contribution in [0.1, 0.15) is 46.5 Å². The first-order valence-corrected chi connectivity index (χ1v) is 7.68. The van der Waals surface area contributed by atoms with Crippen LogP contribution in [-0.2, 0) is 14.2 Å². The number of aliphatic hydroxyl groups is 1. The molecule has 0 radical (unpaired) electrons. The van der Waals surface area contributed by atoms with Gasteiger partial charge in [-0.15, -0.1) is 0 Å². The summed E-state index contributed by atoms with van der Waals surface area (Å²) in [4.78, 5) is 0. The van der Waals surface area contributed by atoms with E-state index in [1.54, 1.807) is 0 Å². The summed E-state index contributed by atoms with van der Waals surface area (Å²) in [6, 6.07) is 0. The molecule has 1 N–H and O–H groups in total. The molecule has 1 spiro atoms. The fraction of sp³-hybridized carbons (Fsp3) is 1.00. The molecule has 0 amide bonds. The normalized spacial score (nSPS) is 63.8. The van der Waals surface area contributed by atoms with Crippen molar-refractivity contribution in [3.8, 4) is 0 Å². The average molecular weight is 268 g/mol. The molecule has 8 atom stereocenters. The maximum Gasteiger partial charge on any atom is 0.193 e. The summed E-state index contributed by atoms with van der Waals surface area (Å²) in [6.07, 6.45) is 3.30. The molecule has 3 heterocycles. The van der Waals surface area contributed by atoms with Crippen LogP contribution in [0.3, 0.4) is 0 Å². The van der Waals surface area contributed by atoms with E-state index >= 15 is 0 Å². The minimum absolute atomic E-state index is 0.121. The molecule has 2 bridgehead atoms. The first kappa shape index (κ1) is 12.6. The highest BCUT2D eigenvalue weighted by Crippen LogP contribution is 2.63. The summed E-state index contributed by atoms with van der Waals surface area (Å²) in [5.41, 5.74) is -0.316. The minimum Gasteiger partial charge on any atom is -0.368 e. The maximum absolute atomic E-state index is 10.1. The molecule has 3 aliphatic heterocycles. The van der Waals surface area contributed by atoms with E-state index in [1.165, 1.54) is 6.42 Å². The van der Waals surface area contributed by atoms with E-state index in [9.17, 15) is 5.11 Å². The molecule has 4 fully saturated rings. The Kier molecular flexibility index (Phi) is 2.47. The zero-order chi connectivity index (χ0) is 13.4. The van der Waals surface area contributed by atoms with Crippen molar-refractivity contribution in [2.24, 2.45) is 23.7 Å². The van der Waals surface area contributed by atoms with Gasteiger partial charge in [-0.25, -0.2) is 0 Å². The summed E-state index contributed by atoms with van der Waals surface area (Å²) in [6.45, 7) is 6.43. The van der Waals surface area contributed by atoms with Crippen molar-refractivity contribution in [2.45, 2.75) is 70.4 Å². The standard InChI is InChI=1S/C15H24O4/c1-8-4-5-11-9(2)12(16)17-13-15(11)10(8)6-7-14(3,18-13)19-15/h8-13,16H,4-7H2,1-3H3/t8-,9-,10+,11+,12?,13-,14+,15+/m1/s1. The molecule has 4 aliphatic rings. The molecule has 108 valence electrons. The van der Waals surface area contributed by atoms with Gasteiger partial charge in [-0.3, -0.25) is 0 Å². The van der Waals surface area contributed by atoms with Crippen LogP contribution in [0.2, 0.25) is 0 Å². The fourth-order valence-electron chi connectivity index (χ4n) is 5.15. The topological polar surface area (TPSA) is 47.9 Å². The van der Waals surface area contributed by atoms with Crippen molar-refractivity contribution in [3.05, 3.63) is 0 Å². The van der Waals surface area contributed by atoms with E-state index in [2.05, 4.69) is 13.8 Å². The molecule has 1 aliphatic carbocycles. The molecular formula is C15H24O4. The highest BCUT2D eigenvalue weighted by molar-refractivity contribution is 5.12. The van der Waals surface area contributed by atoms with Gasteiger partial charge in [0.05, 0.1) is 0 Å². The van der Waals surface area contributed by atoms with Crippen molar-refractivity contribution >= 4 is 0 Å². The smallest absolute Gasteiger partial charge is 0.193 e. The predicted octanol–water partition coefficient (Wildman–Crippen LogP) is 2.26. The molecule has 1 unspecified atom stereocenters. The maximum atomic E-state index is 10.1. The summed E-state index contributed by atoms with van der Waals surface area (Å²) in [5.74, 6) is 1.11. The number of fused-ring (bicyclic) bond motifs is 1. The monoisotopic (exact) mass is 268 g/mol. The van der Waals surface area contributed by atoms with Crippen LogP contribution in [0.4, 0.5) is 0 Å². The lowest BCUT2D eigenvalue weighted by molar-refractivity contribution is -0.326. The zero-order valence-corrected chi connectivity index (χ0v) is 12.0. The molecular weight excluding hydrogens is 244 g/mol. The number of aliphatic hydroxyl groups excluding tert-OH is 1. The van der Waals surface area contributed by atoms with E-state index in [1.807, 2.05) is 6.92 Å². The van der Waals surface area contributed by atoms with Crippen LogP contribution < -0.4 is 0 Å². The largest absolute Gasteiger partial charge is 0.368 e. The van der Waals surface area contributed by atoms with Gasteiger partial charge in [-0.2, -0.15) is 0 Å². The van der Waals surface area contributed by atoms with Crippen molar-refractivity contribution in [2.75, 3.05) is 0 Å². The van der Waals surface area contributed by atoms with Crippen LogP contribution in [0, 0.1) is 23.7 Å². The van der Waals surface area contributed by atoms with Gasteiger partial charge < -0.3 is 19.3 Å². The van der Waals surface area contributed by atoms with E-state index in [4.69, 9.17) is 14.2 Å². The minimum atomic E-state index is -0.721. The van der Waals surface area contributed by atoms with Gasteiger partial charge in [0.1, 0.15) is 5.60 Å². The molecule has 1 saturated carbocycles. The quantitative estimate of drug-likeness (QED) is 0.732. The Morgan fingerprint density at radius 2 is 1.89 bits per heavy atom. The molecule has 19 heavy (non-hydrogen) atoms. The van der Waals surface area contributed by atoms with Gasteiger partial charge in [0.2, 0.25) is 0 Å².